The SMILES string of the molecule is CCCCOc1c(I)cc(/C=C2\N=C(c3cccc4ccccc34)OC2=O)cc1OCC. The van der Waals surface area contributed by atoms with Crippen molar-refractivity contribution < 1.29 is 19.0 Å². The molecule has 3 aromatic rings. The van der Waals surface area contributed by atoms with Gasteiger partial charge < -0.3 is 14.2 Å². The van der Waals surface area contributed by atoms with E-state index >= 15 is 0 Å². The first-order valence-corrected chi connectivity index (χ1v) is 11.8. The van der Waals surface area contributed by atoms with E-state index in [0.29, 0.717) is 24.9 Å². The lowest BCUT2D eigenvalue weighted by molar-refractivity contribution is -0.129. The monoisotopic (exact) mass is 541 g/mol. The Labute approximate surface area is 201 Å². The number of unbranched alkanes of at least 4 members (excludes halogenated alkanes) is 1. The van der Waals surface area contributed by atoms with Gasteiger partial charge in [0.2, 0.25) is 5.90 Å². The maximum atomic E-state index is 12.6. The van der Waals surface area contributed by atoms with Crippen LogP contribution < -0.4 is 9.47 Å². The van der Waals surface area contributed by atoms with E-state index in [9.17, 15) is 4.79 Å². The summed E-state index contributed by atoms with van der Waals surface area (Å²) in [4.78, 5) is 17.1. The van der Waals surface area contributed by atoms with Crippen molar-refractivity contribution in [2.45, 2.75) is 26.7 Å². The third-order valence-corrected chi connectivity index (χ3v) is 5.82. The number of carbonyl (C=O) groups is 1. The molecule has 0 fully saturated rings. The Balaban J connectivity index is 1.68. The van der Waals surface area contributed by atoms with Crippen LogP contribution in [-0.4, -0.2) is 25.1 Å². The van der Waals surface area contributed by atoms with E-state index in [4.69, 9.17) is 14.2 Å². The van der Waals surface area contributed by atoms with Crippen molar-refractivity contribution in [3.63, 3.8) is 0 Å². The highest BCUT2D eigenvalue weighted by Crippen LogP contribution is 2.35. The maximum absolute atomic E-state index is 12.6. The molecule has 0 saturated heterocycles. The molecule has 3 aromatic carbocycles. The molecule has 0 N–H and O–H groups in total. The number of nitrogens with zero attached hydrogens (tertiary/aromatic N) is 1. The Morgan fingerprint density at radius 3 is 2.69 bits per heavy atom. The van der Waals surface area contributed by atoms with Crippen molar-refractivity contribution in [1.82, 2.24) is 0 Å². The van der Waals surface area contributed by atoms with Crippen molar-refractivity contribution in [1.29, 1.82) is 0 Å². The maximum Gasteiger partial charge on any atom is 0.363 e. The summed E-state index contributed by atoms with van der Waals surface area (Å²) >= 11 is 2.23. The zero-order chi connectivity index (χ0) is 22.5. The molecule has 0 saturated carbocycles. The molecule has 0 amide bonds. The second-order valence-electron chi connectivity index (χ2n) is 7.33. The van der Waals surface area contributed by atoms with E-state index in [2.05, 4.69) is 34.5 Å². The number of halogens is 1. The average molecular weight is 541 g/mol. The van der Waals surface area contributed by atoms with Gasteiger partial charge in [-0.2, -0.15) is 0 Å². The quantitative estimate of drug-likeness (QED) is 0.144. The van der Waals surface area contributed by atoms with Crippen molar-refractivity contribution in [3.8, 4) is 11.5 Å². The first-order valence-electron chi connectivity index (χ1n) is 10.7. The van der Waals surface area contributed by atoms with Crippen LogP contribution in [0.3, 0.4) is 0 Å². The van der Waals surface area contributed by atoms with Crippen molar-refractivity contribution >= 4 is 51.3 Å². The molecule has 6 heteroatoms. The Bertz CT molecular complexity index is 1210. The minimum absolute atomic E-state index is 0.255. The summed E-state index contributed by atoms with van der Waals surface area (Å²) in [7, 11) is 0. The molecule has 32 heavy (non-hydrogen) atoms. The lowest BCUT2D eigenvalue weighted by Crippen LogP contribution is -2.06. The van der Waals surface area contributed by atoms with Gasteiger partial charge in [-0.1, -0.05) is 49.7 Å². The average Bonchev–Trinajstić information content (AvgIpc) is 3.15. The summed E-state index contributed by atoms with van der Waals surface area (Å²) in [6.45, 7) is 5.22. The fourth-order valence-corrected chi connectivity index (χ4v) is 4.27. The highest BCUT2D eigenvalue weighted by Gasteiger charge is 2.25. The summed E-state index contributed by atoms with van der Waals surface area (Å²) in [5.41, 5.74) is 1.85. The van der Waals surface area contributed by atoms with Crippen LogP contribution in [0, 0.1) is 3.57 Å². The predicted molar refractivity (Wildman–Crippen MR) is 135 cm³/mol. The topological polar surface area (TPSA) is 57.1 Å². The number of aliphatic imine (C=N–C) groups is 1. The van der Waals surface area contributed by atoms with Crippen molar-refractivity contribution in [2.75, 3.05) is 13.2 Å². The van der Waals surface area contributed by atoms with Crippen molar-refractivity contribution in [2.24, 2.45) is 4.99 Å². The van der Waals surface area contributed by atoms with Crippen LogP contribution in [0.5, 0.6) is 11.5 Å². The lowest BCUT2D eigenvalue weighted by atomic mass is 10.0. The van der Waals surface area contributed by atoms with Crippen LogP contribution in [0.2, 0.25) is 0 Å². The Morgan fingerprint density at radius 2 is 1.88 bits per heavy atom. The molecule has 4 rings (SSSR count). The van der Waals surface area contributed by atoms with Crippen LogP contribution in [0.25, 0.3) is 16.8 Å². The predicted octanol–water partition coefficient (Wildman–Crippen LogP) is 6.37. The molecule has 0 aromatic heterocycles. The third kappa shape index (κ3) is 4.80. The molecule has 0 radical (unpaired) electrons. The molecule has 0 aliphatic carbocycles. The largest absolute Gasteiger partial charge is 0.490 e. The molecule has 0 bridgehead atoms. The molecule has 0 unspecified atom stereocenters. The first kappa shape index (κ1) is 22.3. The number of benzene rings is 3. The van der Waals surface area contributed by atoms with Gasteiger partial charge in [0, 0.05) is 5.56 Å². The zero-order valence-electron chi connectivity index (χ0n) is 18.1. The molecular formula is C26H24INO4. The molecule has 1 aliphatic rings. The number of ether oxygens (including phenoxy) is 3. The zero-order valence-corrected chi connectivity index (χ0v) is 20.2. The van der Waals surface area contributed by atoms with Crippen LogP contribution >= 0.6 is 22.6 Å². The molecule has 0 spiro atoms. The molecule has 1 aliphatic heterocycles. The molecule has 0 atom stereocenters. The van der Waals surface area contributed by atoms with Gasteiger partial charge in [0.1, 0.15) is 0 Å². The smallest absolute Gasteiger partial charge is 0.363 e. The van der Waals surface area contributed by atoms with Crippen LogP contribution in [-0.2, 0) is 9.53 Å². The Morgan fingerprint density at radius 1 is 1.06 bits per heavy atom. The number of esters is 1. The molecule has 164 valence electrons. The number of hydrogen-bond acceptors (Lipinski definition) is 5. The van der Waals surface area contributed by atoms with Crippen molar-refractivity contribution in [3.05, 3.63) is 75.0 Å². The standard InChI is InChI=1S/C26H24INO4/c1-3-5-13-31-24-21(27)14-17(16-23(24)30-4-2)15-22-26(29)32-25(28-22)20-12-8-10-18-9-6-7-11-19(18)20/h6-12,14-16H,3-5,13H2,1-2H3/b22-15-. The summed E-state index contributed by atoms with van der Waals surface area (Å²) in [5, 5.41) is 2.06. The summed E-state index contributed by atoms with van der Waals surface area (Å²) in [6, 6.07) is 17.7. The summed E-state index contributed by atoms with van der Waals surface area (Å²) in [5.74, 6) is 1.24. The number of hydrogen-bond donors (Lipinski definition) is 0. The van der Waals surface area contributed by atoms with Gasteiger partial charge in [-0.3, -0.25) is 0 Å². The number of carbonyl (C=O) groups excluding carboxylic acids is 1. The number of fused-ring (bicyclic) bond motifs is 1. The molecule has 1 heterocycles. The number of cyclic esters (lactones) is 1. The van der Waals surface area contributed by atoms with Gasteiger partial charge in [0.25, 0.3) is 0 Å². The van der Waals surface area contributed by atoms with E-state index in [-0.39, 0.29) is 5.70 Å². The van der Waals surface area contributed by atoms with E-state index in [1.54, 1.807) is 6.08 Å². The fraction of sp³-hybridized carbons (Fsp3) is 0.231. The molecule has 5 nitrogen and oxygen atoms in total. The van der Waals surface area contributed by atoms with Gasteiger partial charge in [-0.05, 0) is 76.5 Å². The summed E-state index contributed by atoms with van der Waals surface area (Å²) < 4.78 is 18.2. The highest BCUT2D eigenvalue weighted by molar-refractivity contribution is 14.1. The minimum Gasteiger partial charge on any atom is -0.490 e. The Kier molecular flexibility index (Phi) is 7.09. The van der Waals surface area contributed by atoms with Crippen LogP contribution in [0.1, 0.15) is 37.8 Å². The highest BCUT2D eigenvalue weighted by atomic mass is 127. The van der Waals surface area contributed by atoms with E-state index in [0.717, 1.165) is 44.1 Å². The van der Waals surface area contributed by atoms with E-state index in [1.165, 1.54) is 0 Å². The van der Waals surface area contributed by atoms with Gasteiger partial charge >= 0.3 is 5.97 Å². The fourth-order valence-electron chi connectivity index (χ4n) is 3.49. The lowest BCUT2D eigenvalue weighted by Gasteiger charge is -2.14. The van der Waals surface area contributed by atoms with E-state index < -0.39 is 5.97 Å². The molecular weight excluding hydrogens is 517 g/mol. The van der Waals surface area contributed by atoms with E-state index in [1.807, 2.05) is 61.5 Å². The van der Waals surface area contributed by atoms with Crippen LogP contribution in [0.4, 0.5) is 0 Å². The van der Waals surface area contributed by atoms with Gasteiger partial charge in [-0.15, -0.1) is 0 Å². The normalized spacial score (nSPS) is 14.5. The third-order valence-electron chi connectivity index (χ3n) is 5.02. The Hall–Kier alpha value is -2.87. The van der Waals surface area contributed by atoms with Crippen LogP contribution in [0.15, 0.2) is 65.3 Å². The minimum atomic E-state index is -0.468. The van der Waals surface area contributed by atoms with Gasteiger partial charge in [0.05, 0.1) is 16.8 Å². The van der Waals surface area contributed by atoms with Gasteiger partial charge in [0.15, 0.2) is 17.2 Å². The number of rotatable bonds is 8. The second kappa shape index (κ2) is 10.2. The summed E-state index contributed by atoms with van der Waals surface area (Å²) in [6.07, 6.45) is 3.76. The van der Waals surface area contributed by atoms with Gasteiger partial charge in [-0.25, -0.2) is 9.79 Å². The second-order valence-corrected chi connectivity index (χ2v) is 8.49. The first-order chi connectivity index (χ1) is 15.6.